The summed E-state index contributed by atoms with van der Waals surface area (Å²) in [6, 6.07) is 0. The molecule has 1 aliphatic heterocycles. The van der Waals surface area contributed by atoms with E-state index < -0.39 is 5.60 Å². The fourth-order valence-electron chi connectivity index (χ4n) is 2.63. The molecule has 106 valence electrons. The molecule has 1 aromatic heterocycles. The van der Waals surface area contributed by atoms with Crippen molar-refractivity contribution in [2.24, 2.45) is 0 Å². The highest BCUT2D eigenvalue weighted by molar-refractivity contribution is 5.76. The van der Waals surface area contributed by atoms with Gasteiger partial charge in [-0.15, -0.1) is 0 Å². The zero-order valence-electron chi connectivity index (χ0n) is 11.6. The van der Waals surface area contributed by atoms with Crippen molar-refractivity contribution in [2.75, 3.05) is 20.1 Å². The second-order valence-electron chi connectivity index (χ2n) is 5.42. The molecular weight excluding hydrogens is 244 g/mol. The fourth-order valence-corrected chi connectivity index (χ4v) is 2.63. The molecule has 0 saturated carbocycles. The van der Waals surface area contributed by atoms with Crippen molar-refractivity contribution in [3.63, 3.8) is 0 Å². The summed E-state index contributed by atoms with van der Waals surface area (Å²) in [7, 11) is 1.60. The molecule has 6 heteroatoms. The van der Waals surface area contributed by atoms with E-state index >= 15 is 0 Å². The minimum absolute atomic E-state index is 0.109. The highest BCUT2D eigenvalue weighted by Crippen LogP contribution is 2.25. The van der Waals surface area contributed by atoms with E-state index in [1.807, 2.05) is 6.92 Å². The van der Waals surface area contributed by atoms with Crippen LogP contribution in [-0.4, -0.2) is 51.8 Å². The van der Waals surface area contributed by atoms with E-state index in [4.69, 9.17) is 0 Å². The van der Waals surface area contributed by atoms with Gasteiger partial charge in [0.1, 0.15) is 0 Å². The van der Waals surface area contributed by atoms with Gasteiger partial charge in [0, 0.05) is 20.1 Å². The molecule has 0 radical (unpaired) electrons. The number of carbonyl (C=O) groups excluding carboxylic acids is 1. The number of hydrogen-bond donors (Lipinski definition) is 3. The Balaban J connectivity index is 1.97. The summed E-state index contributed by atoms with van der Waals surface area (Å²) in [6.07, 6.45) is 3.55. The lowest BCUT2D eigenvalue weighted by Gasteiger charge is -2.38. The number of β-amino-alcohol motifs (C(OH)–C–C–N with tert-alkyl or cyclic N) is 1. The molecule has 1 atom stereocenters. The van der Waals surface area contributed by atoms with Crippen molar-refractivity contribution in [3.8, 4) is 0 Å². The molecule has 3 N–H and O–H groups in total. The lowest BCUT2D eigenvalue weighted by atomic mass is 9.89. The van der Waals surface area contributed by atoms with Crippen molar-refractivity contribution in [2.45, 2.75) is 38.3 Å². The van der Waals surface area contributed by atoms with Crippen molar-refractivity contribution < 1.29 is 9.90 Å². The van der Waals surface area contributed by atoms with Gasteiger partial charge in [-0.3, -0.25) is 14.8 Å². The number of H-pyrrole nitrogens is 1. The molecule has 0 bridgehead atoms. The van der Waals surface area contributed by atoms with E-state index in [1.165, 1.54) is 0 Å². The third-order valence-corrected chi connectivity index (χ3v) is 3.72. The SMILES string of the molecule is CNC(=O)CC1(O)CCCN(Cc2[nH]ncc2C)C1. The van der Waals surface area contributed by atoms with Crippen LogP contribution in [0.1, 0.15) is 30.5 Å². The number of nitrogens with zero attached hydrogens (tertiary/aromatic N) is 2. The molecule has 6 nitrogen and oxygen atoms in total. The Morgan fingerprint density at radius 3 is 3.11 bits per heavy atom. The molecule has 1 saturated heterocycles. The predicted molar refractivity (Wildman–Crippen MR) is 71.5 cm³/mol. The van der Waals surface area contributed by atoms with Gasteiger partial charge in [-0.2, -0.15) is 5.10 Å². The van der Waals surface area contributed by atoms with Gasteiger partial charge >= 0.3 is 0 Å². The Labute approximate surface area is 113 Å². The average molecular weight is 266 g/mol. The van der Waals surface area contributed by atoms with Gasteiger partial charge in [-0.25, -0.2) is 0 Å². The summed E-state index contributed by atoms with van der Waals surface area (Å²) in [5, 5.41) is 20.1. The maximum absolute atomic E-state index is 11.5. The molecule has 1 fully saturated rings. The van der Waals surface area contributed by atoms with Crippen LogP contribution in [0.5, 0.6) is 0 Å². The number of carbonyl (C=O) groups is 1. The van der Waals surface area contributed by atoms with Crippen molar-refractivity contribution in [3.05, 3.63) is 17.5 Å². The van der Waals surface area contributed by atoms with E-state index in [0.717, 1.165) is 30.8 Å². The van der Waals surface area contributed by atoms with Crippen molar-refractivity contribution in [1.29, 1.82) is 0 Å². The van der Waals surface area contributed by atoms with Gasteiger partial charge < -0.3 is 10.4 Å². The molecule has 2 rings (SSSR count). The van der Waals surface area contributed by atoms with E-state index in [9.17, 15) is 9.90 Å². The summed E-state index contributed by atoms with van der Waals surface area (Å²) in [6.45, 7) is 4.22. The fraction of sp³-hybridized carbons (Fsp3) is 0.692. The number of piperidine rings is 1. The standard InChI is InChI=1S/C13H22N4O2/c1-10-7-15-16-11(10)8-17-5-3-4-13(19,9-17)6-12(18)14-2/h7,19H,3-6,8-9H2,1-2H3,(H,14,18)(H,15,16). The van der Waals surface area contributed by atoms with Crippen LogP contribution in [-0.2, 0) is 11.3 Å². The van der Waals surface area contributed by atoms with Crippen molar-refractivity contribution in [1.82, 2.24) is 20.4 Å². The number of nitrogens with one attached hydrogen (secondary N) is 2. The minimum atomic E-state index is -0.910. The van der Waals surface area contributed by atoms with Crippen LogP contribution in [0.4, 0.5) is 0 Å². The van der Waals surface area contributed by atoms with Crippen LogP contribution in [0.3, 0.4) is 0 Å². The summed E-state index contributed by atoms with van der Waals surface area (Å²) >= 11 is 0. The number of aliphatic hydroxyl groups is 1. The Morgan fingerprint density at radius 1 is 1.68 bits per heavy atom. The molecule has 0 aliphatic carbocycles. The maximum Gasteiger partial charge on any atom is 0.222 e. The number of aromatic nitrogens is 2. The highest BCUT2D eigenvalue weighted by Gasteiger charge is 2.35. The van der Waals surface area contributed by atoms with E-state index in [-0.39, 0.29) is 12.3 Å². The molecule has 1 amide bonds. The molecule has 2 heterocycles. The zero-order chi connectivity index (χ0) is 13.9. The van der Waals surface area contributed by atoms with Crippen LogP contribution in [0.2, 0.25) is 0 Å². The maximum atomic E-state index is 11.5. The first-order chi connectivity index (χ1) is 9.02. The first kappa shape index (κ1) is 14.0. The van der Waals surface area contributed by atoms with Gasteiger partial charge in [-0.1, -0.05) is 0 Å². The molecule has 1 unspecified atom stereocenters. The first-order valence-corrected chi connectivity index (χ1v) is 6.66. The van der Waals surface area contributed by atoms with Crippen LogP contribution in [0.15, 0.2) is 6.20 Å². The second-order valence-corrected chi connectivity index (χ2v) is 5.42. The monoisotopic (exact) mass is 266 g/mol. The lowest BCUT2D eigenvalue weighted by molar-refractivity contribution is -0.128. The summed E-state index contributed by atoms with van der Waals surface area (Å²) in [5.41, 5.74) is 1.29. The lowest BCUT2D eigenvalue weighted by Crippen LogP contribution is -2.50. The number of likely N-dealkylation sites (tertiary alicyclic amines) is 1. The van der Waals surface area contributed by atoms with E-state index in [2.05, 4.69) is 20.4 Å². The van der Waals surface area contributed by atoms with Gasteiger partial charge in [-0.05, 0) is 31.9 Å². The summed E-state index contributed by atoms with van der Waals surface area (Å²) in [5.74, 6) is -0.109. The van der Waals surface area contributed by atoms with Gasteiger partial charge in [0.15, 0.2) is 0 Å². The van der Waals surface area contributed by atoms with Gasteiger partial charge in [0.25, 0.3) is 0 Å². The minimum Gasteiger partial charge on any atom is -0.388 e. The molecule has 1 aromatic rings. The van der Waals surface area contributed by atoms with Gasteiger partial charge in [0.2, 0.25) is 5.91 Å². The zero-order valence-corrected chi connectivity index (χ0v) is 11.6. The van der Waals surface area contributed by atoms with Crippen molar-refractivity contribution >= 4 is 5.91 Å². The van der Waals surface area contributed by atoms with Gasteiger partial charge in [0.05, 0.1) is 23.9 Å². The van der Waals surface area contributed by atoms with Crippen LogP contribution < -0.4 is 5.32 Å². The second kappa shape index (κ2) is 5.71. The molecule has 19 heavy (non-hydrogen) atoms. The number of amides is 1. The number of hydrogen-bond acceptors (Lipinski definition) is 4. The number of aromatic amines is 1. The largest absolute Gasteiger partial charge is 0.388 e. The third kappa shape index (κ3) is 3.54. The average Bonchev–Trinajstić information content (AvgIpc) is 2.74. The predicted octanol–water partition coefficient (Wildman–Crippen LogP) is 0.181. The highest BCUT2D eigenvalue weighted by atomic mass is 16.3. The topological polar surface area (TPSA) is 81.2 Å². The van der Waals surface area contributed by atoms with Crippen LogP contribution in [0.25, 0.3) is 0 Å². The molecular formula is C13H22N4O2. The molecule has 0 spiro atoms. The Hall–Kier alpha value is -1.40. The van der Waals surface area contributed by atoms with Crippen LogP contribution in [0, 0.1) is 6.92 Å². The van der Waals surface area contributed by atoms with E-state index in [0.29, 0.717) is 13.0 Å². The summed E-state index contributed by atoms with van der Waals surface area (Å²) in [4.78, 5) is 13.6. The smallest absolute Gasteiger partial charge is 0.222 e. The Kier molecular flexibility index (Phi) is 4.21. The number of rotatable bonds is 4. The third-order valence-electron chi connectivity index (χ3n) is 3.72. The molecule has 1 aliphatic rings. The molecule has 0 aromatic carbocycles. The Morgan fingerprint density at radius 2 is 2.47 bits per heavy atom. The summed E-state index contributed by atoms with van der Waals surface area (Å²) < 4.78 is 0. The Bertz CT molecular complexity index is 446. The normalized spacial score (nSPS) is 24.4. The van der Waals surface area contributed by atoms with E-state index in [1.54, 1.807) is 13.2 Å². The quantitative estimate of drug-likeness (QED) is 0.726. The first-order valence-electron chi connectivity index (χ1n) is 6.66. The van der Waals surface area contributed by atoms with Crippen LogP contribution >= 0.6 is 0 Å². The number of aryl methyl sites for hydroxylation is 1.